The predicted molar refractivity (Wildman–Crippen MR) is 226 cm³/mol. The van der Waals surface area contributed by atoms with Crippen LogP contribution < -0.4 is 5.32 Å². The van der Waals surface area contributed by atoms with Gasteiger partial charge in [0.05, 0.1) is 32.0 Å². The number of carbonyl (C=O) groups is 1. The van der Waals surface area contributed by atoms with E-state index in [-0.39, 0.29) is 12.5 Å². The number of unbranched alkanes of at least 4 members (excludes halogenated alkanes) is 23. The van der Waals surface area contributed by atoms with E-state index in [1.54, 1.807) is 0 Å². The van der Waals surface area contributed by atoms with Crippen molar-refractivity contribution >= 4 is 5.91 Å². The highest BCUT2D eigenvalue weighted by Crippen LogP contribution is 2.30. The minimum absolute atomic E-state index is 0.211. The Morgan fingerprint density at radius 2 is 0.966 bits per heavy atom. The number of aliphatic hydroxyl groups is 8. The Morgan fingerprint density at radius 1 is 0.542 bits per heavy atom. The molecule has 2 fully saturated rings. The van der Waals surface area contributed by atoms with E-state index in [1.807, 2.05) is 0 Å². The highest BCUT2D eigenvalue weighted by atomic mass is 16.7. The van der Waals surface area contributed by atoms with Gasteiger partial charge in [-0.25, -0.2) is 0 Å². The molecule has 59 heavy (non-hydrogen) atoms. The number of carbonyl (C=O) groups excluding carboxylic acids is 1. The maximum Gasteiger partial charge on any atom is 0.220 e. The largest absolute Gasteiger partial charge is 0.394 e. The van der Waals surface area contributed by atoms with Gasteiger partial charge in [0.15, 0.2) is 12.6 Å². The molecule has 1 amide bonds. The minimum Gasteiger partial charge on any atom is -0.394 e. The van der Waals surface area contributed by atoms with Crippen molar-refractivity contribution < 1.29 is 64.6 Å². The van der Waals surface area contributed by atoms with Gasteiger partial charge < -0.3 is 65.1 Å². The van der Waals surface area contributed by atoms with Crippen LogP contribution in [0.3, 0.4) is 0 Å². The summed E-state index contributed by atoms with van der Waals surface area (Å²) in [4.78, 5) is 13.0. The summed E-state index contributed by atoms with van der Waals surface area (Å²) in [6.07, 6.45) is 14.1. The fourth-order valence-electron chi connectivity index (χ4n) is 8.12. The average molecular weight is 850 g/mol. The van der Waals surface area contributed by atoms with Crippen molar-refractivity contribution in [2.75, 3.05) is 19.8 Å². The molecular formula is C45H87NO13. The van der Waals surface area contributed by atoms with Crippen molar-refractivity contribution in [2.45, 2.75) is 261 Å². The molecule has 14 heteroatoms. The first-order chi connectivity index (χ1) is 28.6. The zero-order valence-electron chi connectivity index (χ0n) is 36.8. The van der Waals surface area contributed by atoms with Crippen LogP contribution in [-0.4, -0.2) is 140 Å². The van der Waals surface area contributed by atoms with Gasteiger partial charge >= 0.3 is 0 Å². The Kier molecular flexibility index (Phi) is 30.8. The van der Waals surface area contributed by atoms with Crippen molar-refractivity contribution in [2.24, 2.45) is 0 Å². The summed E-state index contributed by atoms with van der Waals surface area (Å²) in [5.74, 6) is -0.211. The van der Waals surface area contributed by atoms with Gasteiger partial charge in [0, 0.05) is 6.42 Å². The van der Waals surface area contributed by atoms with Crippen LogP contribution in [0.1, 0.15) is 187 Å². The van der Waals surface area contributed by atoms with E-state index in [0.29, 0.717) is 12.8 Å². The summed E-state index contributed by atoms with van der Waals surface area (Å²) >= 11 is 0. The van der Waals surface area contributed by atoms with E-state index >= 15 is 0 Å². The number of amides is 1. The monoisotopic (exact) mass is 850 g/mol. The fraction of sp³-hybridized carbons (Fsp3) is 0.978. The Labute approximate surface area is 355 Å². The quantitative estimate of drug-likeness (QED) is 0.0377. The van der Waals surface area contributed by atoms with Gasteiger partial charge in [0.1, 0.15) is 48.8 Å². The van der Waals surface area contributed by atoms with Crippen LogP contribution in [0, 0.1) is 0 Å². The molecule has 12 atom stereocenters. The molecule has 2 aliphatic rings. The molecule has 0 aliphatic carbocycles. The van der Waals surface area contributed by atoms with E-state index in [4.69, 9.17) is 18.9 Å². The third-order valence-electron chi connectivity index (χ3n) is 12.1. The molecule has 0 radical (unpaired) electrons. The van der Waals surface area contributed by atoms with E-state index < -0.39 is 86.8 Å². The summed E-state index contributed by atoms with van der Waals surface area (Å²) in [5, 5.41) is 86.6. The van der Waals surface area contributed by atoms with Crippen LogP contribution in [0.25, 0.3) is 0 Å². The fourth-order valence-corrected chi connectivity index (χ4v) is 8.12. The molecule has 0 aromatic heterocycles. The summed E-state index contributed by atoms with van der Waals surface area (Å²) in [5.41, 5.74) is 0. The Hall–Kier alpha value is -1.01. The van der Waals surface area contributed by atoms with Gasteiger partial charge in [-0.05, 0) is 12.8 Å². The second-order valence-electron chi connectivity index (χ2n) is 17.2. The summed E-state index contributed by atoms with van der Waals surface area (Å²) in [6.45, 7) is 2.81. The Morgan fingerprint density at radius 3 is 1.44 bits per heavy atom. The van der Waals surface area contributed by atoms with Gasteiger partial charge in [-0.2, -0.15) is 0 Å². The number of hydrogen-bond donors (Lipinski definition) is 9. The predicted octanol–water partition coefficient (Wildman–Crippen LogP) is 5.05. The van der Waals surface area contributed by atoms with Crippen LogP contribution in [-0.2, 0) is 23.7 Å². The number of nitrogens with one attached hydrogen (secondary N) is 1. The lowest BCUT2D eigenvalue weighted by molar-refractivity contribution is -0.359. The molecule has 0 saturated carbocycles. The molecule has 350 valence electrons. The first-order valence-corrected chi connectivity index (χ1v) is 23.8. The van der Waals surface area contributed by atoms with Crippen molar-refractivity contribution in [1.29, 1.82) is 0 Å². The summed E-state index contributed by atoms with van der Waals surface area (Å²) in [7, 11) is 0. The number of rotatable bonds is 36. The topological polar surface area (TPSA) is 228 Å². The first-order valence-electron chi connectivity index (χ1n) is 23.8. The number of ether oxygens (including phenoxy) is 4. The third kappa shape index (κ3) is 21.8. The average Bonchev–Trinajstić information content (AvgIpc) is 3.23. The zero-order valence-corrected chi connectivity index (χ0v) is 36.8. The van der Waals surface area contributed by atoms with E-state index in [2.05, 4.69) is 19.2 Å². The lowest BCUT2D eigenvalue weighted by Gasteiger charge is -2.46. The number of aliphatic hydroxyl groups excluding tert-OH is 8. The highest BCUT2D eigenvalue weighted by Gasteiger charge is 2.51. The van der Waals surface area contributed by atoms with Gasteiger partial charge in [-0.15, -0.1) is 0 Å². The standard InChI is InChI=1S/C45H87NO13/c1-3-5-7-9-11-13-14-15-16-17-18-19-20-21-22-24-26-28-34(49)33(46-37(50)29-27-25-23-12-10-8-6-4-2)32-56-44-42(55)40(53)43(36(31-48)58-44)59-45-41(54)39(52)38(51)35(30-47)57-45/h33-36,38-45,47-49,51-55H,3-32H2,1-2H3,(H,46,50). The van der Waals surface area contributed by atoms with E-state index in [1.165, 1.54) is 109 Å². The van der Waals surface area contributed by atoms with Gasteiger partial charge in [-0.1, -0.05) is 168 Å². The molecule has 0 aromatic carbocycles. The molecule has 2 saturated heterocycles. The molecule has 9 N–H and O–H groups in total. The summed E-state index contributed by atoms with van der Waals surface area (Å²) in [6, 6.07) is -0.818. The lowest BCUT2D eigenvalue weighted by Crippen LogP contribution is -2.65. The van der Waals surface area contributed by atoms with Gasteiger partial charge in [0.2, 0.25) is 5.91 Å². The molecule has 2 heterocycles. The normalized spacial score (nSPS) is 28.4. The molecule has 2 rings (SSSR count). The minimum atomic E-state index is -1.78. The highest BCUT2D eigenvalue weighted by molar-refractivity contribution is 5.76. The second kappa shape index (κ2) is 33.5. The second-order valence-corrected chi connectivity index (χ2v) is 17.2. The molecule has 0 bridgehead atoms. The Bertz CT molecular complexity index is 1010. The molecule has 0 aromatic rings. The number of hydrogen-bond acceptors (Lipinski definition) is 13. The van der Waals surface area contributed by atoms with E-state index in [9.17, 15) is 45.6 Å². The van der Waals surface area contributed by atoms with Gasteiger partial charge in [-0.3, -0.25) is 4.79 Å². The van der Waals surface area contributed by atoms with Gasteiger partial charge in [0.25, 0.3) is 0 Å². The lowest BCUT2D eigenvalue weighted by atomic mass is 9.97. The SMILES string of the molecule is CCCCCCCCCCCCCCCCCCCC(O)C(COC1OC(CO)C(OC2OC(CO)C(O)C(O)C2O)C(O)C1O)NC(=O)CCCCCCCCCC. The van der Waals surface area contributed by atoms with Crippen LogP contribution in [0.5, 0.6) is 0 Å². The molecule has 0 spiro atoms. The molecular weight excluding hydrogens is 762 g/mol. The molecule has 14 nitrogen and oxygen atoms in total. The smallest absolute Gasteiger partial charge is 0.220 e. The molecule has 12 unspecified atom stereocenters. The van der Waals surface area contributed by atoms with Crippen LogP contribution in [0.15, 0.2) is 0 Å². The maximum atomic E-state index is 13.0. The van der Waals surface area contributed by atoms with Crippen molar-refractivity contribution in [3.63, 3.8) is 0 Å². The van der Waals surface area contributed by atoms with Crippen molar-refractivity contribution in [3.05, 3.63) is 0 Å². The van der Waals surface area contributed by atoms with Crippen molar-refractivity contribution in [1.82, 2.24) is 5.32 Å². The molecule has 2 aliphatic heterocycles. The van der Waals surface area contributed by atoms with E-state index in [0.717, 1.165) is 51.4 Å². The summed E-state index contributed by atoms with van der Waals surface area (Å²) < 4.78 is 22.7. The van der Waals surface area contributed by atoms with Crippen LogP contribution in [0.4, 0.5) is 0 Å². The first kappa shape index (κ1) is 54.1. The third-order valence-corrected chi connectivity index (χ3v) is 12.1. The van der Waals surface area contributed by atoms with Crippen molar-refractivity contribution in [3.8, 4) is 0 Å². The maximum absolute atomic E-state index is 13.0. The zero-order chi connectivity index (χ0) is 43.3. The van der Waals surface area contributed by atoms with Crippen LogP contribution in [0.2, 0.25) is 0 Å². The van der Waals surface area contributed by atoms with Crippen LogP contribution >= 0.6 is 0 Å². The Balaban J connectivity index is 1.83.